The van der Waals surface area contributed by atoms with Crippen molar-refractivity contribution in [1.82, 2.24) is 10.2 Å². The molecule has 0 aliphatic heterocycles. The van der Waals surface area contributed by atoms with Crippen molar-refractivity contribution in [2.24, 2.45) is 5.73 Å². The number of rotatable bonds is 7. The Balaban J connectivity index is 2.96. The standard InChI is InChI=1S/C15H25N3O/c1-4-9-18(11-15(19)17-3)14(10-16)13-8-6-5-7-12(13)2/h5-8,14H,4,9-11,16H2,1-3H3,(H,17,19). The molecular formula is C15H25N3O. The highest BCUT2D eigenvalue weighted by molar-refractivity contribution is 5.77. The Morgan fingerprint density at radius 2 is 2.11 bits per heavy atom. The molecule has 0 spiro atoms. The van der Waals surface area contributed by atoms with Crippen LogP contribution >= 0.6 is 0 Å². The van der Waals surface area contributed by atoms with Crippen LogP contribution in [0.25, 0.3) is 0 Å². The molecule has 0 aliphatic rings. The molecule has 0 fully saturated rings. The van der Waals surface area contributed by atoms with Gasteiger partial charge in [0.15, 0.2) is 0 Å². The van der Waals surface area contributed by atoms with E-state index in [4.69, 9.17) is 5.73 Å². The first-order valence-corrected chi connectivity index (χ1v) is 6.84. The molecule has 0 saturated heterocycles. The van der Waals surface area contributed by atoms with Gasteiger partial charge in [-0.05, 0) is 31.0 Å². The van der Waals surface area contributed by atoms with Gasteiger partial charge in [-0.3, -0.25) is 9.69 Å². The number of benzene rings is 1. The molecule has 1 amide bonds. The SMILES string of the molecule is CCCN(CC(=O)NC)C(CN)c1ccccc1C. The average Bonchev–Trinajstić information content (AvgIpc) is 2.41. The maximum atomic E-state index is 11.6. The molecule has 1 aromatic carbocycles. The van der Waals surface area contributed by atoms with E-state index in [0.29, 0.717) is 13.1 Å². The molecular weight excluding hydrogens is 238 g/mol. The number of nitrogens with two attached hydrogens (primary N) is 1. The van der Waals surface area contributed by atoms with Crippen molar-refractivity contribution in [1.29, 1.82) is 0 Å². The fourth-order valence-corrected chi connectivity index (χ4v) is 2.33. The number of amides is 1. The summed E-state index contributed by atoms with van der Waals surface area (Å²) in [6, 6.07) is 8.32. The van der Waals surface area contributed by atoms with Gasteiger partial charge in [0.2, 0.25) is 5.91 Å². The molecule has 0 saturated carbocycles. The molecule has 1 atom stereocenters. The number of carbonyl (C=O) groups is 1. The second-order valence-corrected chi connectivity index (χ2v) is 4.75. The Kier molecular flexibility index (Phi) is 6.53. The van der Waals surface area contributed by atoms with Gasteiger partial charge in [0.25, 0.3) is 0 Å². The van der Waals surface area contributed by atoms with Crippen LogP contribution in [0.3, 0.4) is 0 Å². The molecule has 0 aliphatic carbocycles. The van der Waals surface area contributed by atoms with E-state index in [9.17, 15) is 4.79 Å². The van der Waals surface area contributed by atoms with Crippen molar-refractivity contribution in [3.8, 4) is 0 Å². The third-order valence-electron chi connectivity index (χ3n) is 3.35. The Labute approximate surface area is 116 Å². The van der Waals surface area contributed by atoms with Gasteiger partial charge in [0.1, 0.15) is 0 Å². The van der Waals surface area contributed by atoms with E-state index in [1.165, 1.54) is 11.1 Å². The van der Waals surface area contributed by atoms with E-state index in [0.717, 1.165) is 13.0 Å². The Hall–Kier alpha value is -1.39. The molecule has 19 heavy (non-hydrogen) atoms. The average molecular weight is 263 g/mol. The lowest BCUT2D eigenvalue weighted by Gasteiger charge is -2.31. The second-order valence-electron chi connectivity index (χ2n) is 4.75. The van der Waals surface area contributed by atoms with Crippen molar-refractivity contribution in [2.75, 3.05) is 26.7 Å². The van der Waals surface area contributed by atoms with E-state index in [-0.39, 0.29) is 11.9 Å². The van der Waals surface area contributed by atoms with Crippen LogP contribution in [-0.4, -0.2) is 37.5 Å². The van der Waals surface area contributed by atoms with Gasteiger partial charge in [-0.2, -0.15) is 0 Å². The zero-order valence-corrected chi connectivity index (χ0v) is 12.1. The van der Waals surface area contributed by atoms with Crippen LogP contribution in [0.5, 0.6) is 0 Å². The van der Waals surface area contributed by atoms with Crippen molar-refractivity contribution in [3.63, 3.8) is 0 Å². The molecule has 0 radical (unpaired) electrons. The van der Waals surface area contributed by atoms with Crippen molar-refractivity contribution >= 4 is 5.91 Å². The minimum Gasteiger partial charge on any atom is -0.358 e. The third-order valence-corrected chi connectivity index (χ3v) is 3.35. The quantitative estimate of drug-likeness (QED) is 0.783. The van der Waals surface area contributed by atoms with Gasteiger partial charge in [-0.15, -0.1) is 0 Å². The molecule has 0 bridgehead atoms. The van der Waals surface area contributed by atoms with E-state index in [1.54, 1.807) is 7.05 Å². The first-order valence-electron chi connectivity index (χ1n) is 6.84. The van der Waals surface area contributed by atoms with Gasteiger partial charge in [-0.25, -0.2) is 0 Å². The molecule has 0 aromatic heterocycles. The Morgan fingerprint density at radius 3 is 2.63 bits per heavy atom. The molecule has 3 N–H and O–H groups in total. The predicted octanol–water partition coefficient (Wildman–Crippen LogP) is 1.45. The summed E-state index contributed by atoms with van der Waals surface area (Å²) in [4.78, 5) is 13.8. The minimum atomic E-state index is 0.0282. The molecule has 1 aromatic rings. The fraction of sp³-hybridized carbons (Fsp3) is 0.533. The second kappa shape index (κ2) is 7.92. The monoisotopic (exact) mass is 263 g/mol. The molecule has 4 heteroatoms. The smallest absolute Gasteiger partial charge is 0.233 e. The summed E-state index contributed by atoms with van der Waals surface area (Å²) in [5.74, 6) is 0.0282. The summed E-state index contributed by atoms with van der Waals surface area (Å²) in [5, 5.41) is 2.68. The Bertz CT molecular complexity index is 406. The highest BCUT2D eigenvalue weighted by atomic mass is 16.1. The summed E-state index contributed by atoms with van der Waals surface area (Å²) >= 11 is 0. The van der Waals surface area contributed by atoms with Gasteiger partial charge < -0.3 is 11.1 Å². The summed E-state index contributed by atoms with van der Waals surface area (Å²) < 4.78 is 0. The van der Waals surface area contributed by atoms with Crippen molar-refractivity contribution in [2.45, 2.75) is 26.3 Å². The van der Waals surface area contributed by atoms with Crippen LogP contribution in [0.1, 0.15) is 30.5 Å². The van der Waals surface area contributed by atoms with Gasteiger partial charge in [-0.1, -0.05) is 31.2 Å². The Morgan fingerprint density at radius 1 is 1.42 bits per heavy atom. The van der Waals surface area contributed by atoms with Gasteiger partial charge in [0, 0.05) is 19.6 Å². The van der Waals surface area contributed by atoms with E-state index < -0.39 is 0 Å². The normalized spacial score (nSPS) is 12.5. The molecule has 1 rings (SSSR count). The zero-order valence-electron chi connectivity index (χ0n) is 12.1. The first-order chi connectivity index (χ1) is 9.13. The van der Waals surface area contributed by atoms with Crippen molar-refractivity contribution in [3.05, 3.63) is 35.4 Å². The van der Waals surface area contributed by atoms with E-state index in [2.05, 4.69) is 36.2 Å². The fourth-order valence-electron chi connectivity index (χ4n) is 2.33. The summed E-state index contributed by atoms with van der Waals surface area (Å²) in [6.45, 7) is 5.97. The van der Waals surface area contributed by atoms with Crippen molar-refractivity contribution < 1.29 is 4.79 Å². The number of nitrogens with one attached hydrogen (secondary N) is 1. The van der Waals surface area contributed by atoms with Crippen LogP contribution in [0.15, 0.2) is 24.3 Å². The van der Waals surface area contributed by atoms with Crippen LogP contribution in [0, 0.1) is 6.92 Å². The number of nitrogens with zero attached hydrogens (tertiary/aromatic N) is 1. The predicted molar refractivity (Wildman–Crippen MR) is 78.9 cm³/mol. The largest absolute Gasteiger partial charge is 0.358 e. The highest BCUT2D eigenvalue weighted by Crippen LogP contribution is 2.22. The lowest BCUT2D eigenvalue weighted by atomic mass is 9.99. The van der Waals surface area contributed by atoms with E-state index >= 15 is 0 Å². The van der Waals surface area contributed by atoms with E-state index in [1.807, 2.05) is 12.1 Å². The molecule has 4 nitrogen and oxygen atoms in total. The van der Waals surface area contributed by atoms with Gasteiger partial charge in [0.05, 0.1) is 6.54 Å². The van der Waals surface area contributed by atoms with Crippen LogP contribution in [-0.2, 0) is 4.79 Å². The maximum Gasteiger partial charge on any atom is 0.233 e. The highest BCUT2D eigenvalue weighted by Gasteiger charge is 2.21. The van der Waals surface area contributed by atoms with Crippen LogP contribution in [0.2, 0.25) is 0 Å². The summed E-state index contributed by atoms with van der Waals surface area (Å²) in [7, 11) is 1.66. The molecule has 0 heterocycles. The number of hydrogen-bond donors (Lipinski definition) is 2. The summed E-state index contributed by atoms with van der Waals surface area (Å²) in [5.41, 5.74) is 8.38. The van der Waals surface area contributed by atoms with Crippen LogP contribution in [0.4, 0.5) is 0 Å². The minimum absolute atomic E-state index is 0.0282. The topological polar surface area (TPSA) is 58.4 Å². The molecule has 1 unspecified atom stereocenters. The molecule has 106 valence electrons. The first kappa shape index (κ1) is 15.7. The van der Waals surface area contributed by atoms with Crippen LogP contribution < -0.4 is 11.1 Å². The third kappa shape index (κ3) is 4.33. The zero-order chi connectivity index (χ0) is 14.3. The number of aryl methyl sites for hydroxylation is 1. The number of likely N-dealkylation sites (N-methyl/N-ethyl adjacent to an activating group) is 1. The number of carbonyl (C=O) groups excluding carboxylic acids is 1. The van der Waals surface area contributed by atoms with Gasteiger partial charge >= 0.3 is 0 Å². The lowest BCUT2D eigenvalue weighted by molar-refractivity contribution is -0.122. The lowest BCUT2D eigenvalue weighted by Crippen LogP contribution is -2.41. The number of hydrogen-bond acceptors (Lipinski definition) is 3. The summed E-state index contributed by atoms with van der Waals surface area (Å²) in [6.07, 6.45) is 0.999. The maximum absolute atomic E-state index is 11.6.